The molecule has 0 atom stereocenters. The van der Waals surface area contributed by atoms with Crippen LogP contribution in [-0.4, -0.2) is 13.1 Å². The fourth-order valence-electron chi connectivity index (χ4n) is 1.55. The molecule has 1 nitrogen and oxygen atoms in total. The van der Waals surface area contributed by atoms with Crippen LogP contribution in [0, 0.1) is 0 Å². The molecule has 68 valence electrons. The van der Waals surface area contributed by atoms with Gasteiger partial charge in [-0.1, -0.05) is 29.8 Å². The summed E-state index contributed by atoms with van der Waals surface area (Å²) in [5.41, 5.74) is 2.59. The van der Waals surface area contributed by atoms with Gasteiger partial charge in [-0.2, -0.15) is 0 Å². The number of halogens is 1. The lowest BCUT2D eigenvalue weighted by Gasteiger charge is -2.14. The van der Waals surface area contributed by atoms with Gasteiger partial charge in [-0.3, -0.25) is 0 Å². The number of hydrogen-bond acceptors (Lipinski definition) is 1. The lowest BCUT2D eigenvalue weighted by molar-refractivity contribution is 0.739. The van der Waals surface area contributed by atoms with Gasteiger partial charge in [-0.05, 0) is 36.2 Å². The maximum Gasteiger partial charge on any atom is 0.0412 e. The van der Waals surface area contributed by atoms with E-state index in [4.69, 9.17) is 11.6 Å². The fourth-order valence-corrected chi connectivity index (χ4v) is 1.74. The van der Waals surface area contributed by atoms with Crippen LogP contribution in [0.1, 0.15) is 12.0 Å². The standard InChI is InChI=1S/C11H12ClN/c12-11-5-1-3-9(7-11)10-4-2-6-13-8-10/h1,3-5,7,13H,2,6,8H2. The first-order valence-corrected chi connectivity index (χ1v) is 4.90. The number of hydrogen-bond donors (Lipinski definition) is 1. The summed E-state index contributed by atoms with van der Waals surface area (Å²) in [6.45, 7) is 2.05. The summed E-state index contributed by atoms with van der Waals surface area (Å²) in [5.74, 6) is 0. The molecule has 0 radical (unpaired) electrons. The number of benzene rings is 1. The van der Waals surface area contributed by atoms with Gasteiger partial charge in [0.2, 0.25) is 0 Å². The average Bonchev–Trinajstić information content (AvgIpc) is 2.19. The van der Waals surface area contributed by atoms with Gasteiger partial charge in [-0.25, -0.2) is 0 Å². The minimum Gasteiger partial charge on any atom is -0.312 e. The van der Waals surface area contributed by atoms with Crippen LogP contribution in [0.15, 0.2) is 30.3 Å². The summed E-state index contributed by atoms with van der Waals surface area (Å²) >= 11 is 5.92. The molecule has 1 N–H and O–H groups in total. The highest BCUT2D eigenvalue weighted by atomic mass is 35.5. The zero-order valence-corrected chi connectivity index (χ0v) is 8.14. The number of nitrogens with one attached hydrogen (secondary N) is 1. The third-order valence-electron chi connectivity index (χ3n) is 2.22. The van der Waals surface area contributed by atoms with Crippen LogP contribution in [0.25, 0.3) is 5.57 Å². The van der Waals surface area contributed by atoms with Gasteiger partial charge in [0, 0.05) is 11.6 Å². The van der Waals surface area contributed by atoms with Crippen LogP contribution < -0.4 is 5.32 Å². The molecule has 1 heterocycles. The first-order valence-electron chi connectivity index (χ1n) is 4.52. The second-order valence-corrected chi connectivity index (χ2v) is 3.64. The Morgan fingerprint density at radius 1 is 1.31 bits per heavy atom. The molecule has 2 heteroatoms. The second-order valence-electron chi connectivity index (χ2n) is 3.21. The monoisotopic (exact) mass is 193 g/mol. The van der Waals surface area contributed by atoms with E-state index < -0.39 is 0 Å². The quantitative estimate of drug-likeness (QED) is 0.723. The summed E-state index contributed by atoms with van der Waals surface area (Å²) in [4.78, 5) is 0. The Morgan fingerprint density at radius 3 is 2.92 bits per heavy atom. The van der Waals surface area contributed by atoms with Crippen molar-refractivity contribution in [1.82, 2.24) is 5.32 Å². The van der Waals surface area contributed by atoms with Crippen LogP contribution >= 0.6 is 11.6 Å². The highest BCUT2D eigenvalue weighted by Crippen LogP contribution is 2.19. The van der Waals surface area contributed by atoms with E-state index >= 15 is 0 Å². The maximum absolute atomic E-state index is 5.92. The molecule has 0 aliphatic carbocycles. The molecule has 1 aliphatic rings. The predicted octanol–water partition coefficient (Wildman–Crippen LogP) is 2.72. The van der Waals surface area contributed by atoms with E-state index in [2.05, 4.69) is 17.5 Å². The third-order valence-corrected chi connectivity index (χ3v) is 2.46. The van der Waals surface area contributed by atoms with E-state index in [0.717, 1.165) is 24.5 Å². The molecular formula is C11H12ClN. The molecule has 0 bridgehead atoms. The van der Waals surface area contributed by atoms with Crippen LogP contribution in [0.4, 0.5) is 0 Å². The molecule has 0 saturated heterocycles. The largest absolute Gasteiger partial charge is 0.312 e. The normalized spacial score (nSPS) is 16.8. The summed E-state index contributed by atoms with van der Waals surface area (Å²) in [6, 6.07) is 8.01. The smallest absolute Gasteiger partial charge is 0.0412 e. The zero-order chi connectivity index (χ0) is 9.10. The molecule has 2 rings (SSSR count). The van der Waals surface area contributed by atoms with Crippen molar-refractivity contribution in [3.8, 4) is 0 Å². The Balaban J connectivity index is 2.29. The molecule has 0 unspecified atom stereocenters. The van der Waals surface area contributed by atoms with Crippen molar-refractivity contribution in [2.75, 3.05) is 13.1 Å². The van der Waals surface area contributed by atoms with Gasteiger partial charge >= 0.3 is 0 Å². The van der Waals surface area contributed by atoms with Crippen LogP contribution in [0.3, 0.4) is 0 Å². The molecule has 1 aromatic rings. The van der Waals surface area contributed by atoms with E-state index in [1.807, 2.05) is 18.2 Å². The molecule has 13 heavy (non-hydrogen) atoms. The topological polar surface area (TPSA) is 12.0 Å². The molecule has 1 aromatic carbocycles. The van der Waals surface area contributed by atoms with E-state index in [1.54, 1.807) is 0 Å². The average molecular weight is 194 g/mol. The Kier molecular flexibility index (Phi) is 2.67. The summed E-state index contributed by atoms with van der Waals surface area (Å²) < 4.78 is 0. The van der Waals surface area contributed by atoms with Gasteiger partial charge in [-0.15, -0.1) is 0 Å². The molecule has 0 amide bonds. The first kappa shape index (κ1) is 8.79. The van der Waals surface area contributed by atoms with Crippen molar-refractivity contribution in [2.24, 2.45) is 0 Å². The molecular weight excluding hydrogens is 182 g/mol. The molecule has 0 spiro atoms. The second kappa shape index (κ2) is 3.95. The van der Waals surface area contributed by atoms with Gasteiger partial charge < -0.3 is 5.32 Å². The van der Waals surface area contributed by atoms with E-state index in [-0.39, 0.29) is 0 Å². The van der Waals surface area contributed by atoms with Crippen molar-refractivity contribution in [1.29, 1.82) is 0 Å². The predicted molar refractivity (Wildman–Crippen MR) is 56.9 cm³/mol. The van der Waals surface area contributed by atoms with Gasteiger partial charge in [0.1, 0.15) is 0 Å². The third kappa shape index (κ3) is 2.11. The van der Waals surface area contributed by atoms with Crippen LogP contribution in [0.5, 0.6) is 0 Å². The Bertz CT molecular complexity index is 331. The van der Waals surface area contributed by atoms with E-state index in [9.17, 15) is 0 Å². The minimum atomic E-state index is 0.809. The highest BCUT2D eigenvalue weighted by molar-refractivity contribution is 6.30. The highest BCUT2D eigenvalue weighted by Gasteiger charge is 2.04. The summed E-state index contributed by atoms with van der Waals surface area (Å²) in [7, 11) is 0. The zero-order valence-electron chi connectivity index (χ0n) is 7.39. The van der Waals surface area contributed by atoms with Gasteiger partial charge in [0.25, 0.3) is 0 Å². The minimum absolute atomic E-state index is 0.809. The van der Waals surface area contributed by atoms with Crippen molar-refractivity contribution in [3.05, 3.63) is 40.9 Å². The first-order chi connectivity index (χ1) is 6.36. The van der Waals surface area contributed by atoms with E-state index in [1.165, 1.54) is 11.1 Å². The molecule has 0 fully saturated rings. The molecule has 0 saturated carbocycles. The van der Waals surface area contributed by atoms with Gasteiger partial charge in [0.15, 0.2) is 0 Å². The van der Waals surface area contributed by atoms with Crippen LogP contribution in [0.2, 0.25) is 5.02 Å². The van der Waals surface area contributed by atoms with E-state index in [0.29, 0.717) is 0 Å². The maximum atomic E-state index is 5.92. The van der Waals surface area contributed by atoms with Crippen molar-refractivity contribution >= 4 is 17.2 Å². The van der Waals surface area contributed by atoms with Crippen molar-refractivity contribution in [2.45, 2.75) is 6.42 Å². The Hall–Kier alpha value is -0.790. The number of rotatable bonds is 1. The summed E-state index contributed by atoms with van der Waals surface area (Å²) in [6.07, 6.45) is 3.39. The molecule has 1 aliphatic heterocycles. The van der Waals surface area contributed by atoms with Crippen molar-refractivity contribution < 1.29 is 0 Å². The van der Waals surface area contributed by atoms with Crippen molar-refractivity contribution in [3.63, 3.8) is 0 Å². The Morgan fingerprint density at radius 2 is 2.23 bits per heavy atom. The fraction of sp³-hybridized carbons (Fsp3) is 0.273. The summed E-state index contributed by atoms with van der Waals surface area (Å²) in [5, 5.41) is 4.15. The lowest BCUT2D eigenvalue weighted by Crippen LogP contribution is -2.21. The van der Waals surface area contributed by atoms with Crippen LogP contribution in [-0.2, 0) is 0 Å². The molecule has 0 aromatic heterocycles. The lowest BCUT2D eigenvalue weighted by atomic mass is 10.0. The van der Waals surface area contributed by atoms with Gasteiger partial charge in [0.05, 0.1) is 0 Å². The Labute approximate surface area is 83.4 Å². The SMILES string of the molecule is Clc1cccc(C2=CCCNC2)c1.